The topological polar surface area (TPSA) is 29.3 Å². The first kappa shape index (κ1) is 16.2. The molecule has 2 nitrogen and oxygen atoms in total. The number of hydrogen-bond acceptors (Lipinski definition) is 2. The maximum Gasteiger partial charge on any atom is 0.0236 e. The van der Waals surface area contributed by atoms with E-state index in [0.717, 1.165) is 32.6 Å². The van der Waals surface area contributed by atoms with Crippen molar-refractivity contribution in [2.75, 3.05) is 19.6 Å². The largest absolute Gasteiger partial charge is 0.330 e. The van der Waals surface area contributed by atoms with E-state index in [1.54, 1.807) is 0 Å². The maximum absolute atomic E-state index is 5.71. The van der Waals surface area contributed by atoms with E-state index in [1.165, 1.54) is 11.1 Å². The SMILES string of the molecule is CC(C)CN(Cc1ccccc1CCN)CC(C)C. The van der Waals surface area contributed by atoms with Crippen LogP contribution in [0.3, 0.4) is 0 Å². The summed E-state index contributed by atoms with van der Waals surface area (Å²) >= 11 is 0. The Labute approximate surface area is 119 Å². The fraction of sp³-hybridized carbons (Fsp3) is 0.647. The summed E-state index contributed by atoms with van der Waals surface area (Å²) in [6, 6.07) is 8.71. The van der Waals surface area contributed by atoms with Crippen LogP contribution in [0.25, 0.3) is 0 Å². The Balaban J connectivity index is 2.76. The van der Waals surface area contributed by atoms with Crippen LogP contribution in [0.2, 0.25) is 0 Å². The Morgan fingerprint density at radius 1 is 0.947 bits per heavy atom. The summed E-state index contributed by atoms with van der Waals surface area (Å²) in [6.45, 7) is 13.3. The summed E-state index contributed by atoms with van der Waals surface area (Å²) < 4.78 is 0. The Kier molecular flexibility index (Phi) is 7.11. The van der Waals surface area contributed by atoms with Crippen molar-refractivity contribution in [3.8, 4) is 0 Å². The molecule has 0 saturated carbocycles. The molecule has 0 aliphatic rings. The number of rotatable bonds is 8. The minimum atomic E-state index is 0.709. The van der Waals surface area contributed by atoms with Crippen molar-refractivity contribution >= 4 is 0 Å². The molecule has 0 spiro atoms. The second kappa shape index (κ2) is 8.34. The van der Waals surface area contributed by atoms with Gasteiger partial charge in [0, 0.05) is 19.6 Å². The molecule has 2 N–H and O–H groups in total. The van der Waals surface area contributed by atoms with Gasteiger partial charge in [0.15, 0.2) is 0 Å². The van der Waals surface area contributed by atoms with Gasteiger partial charge in [-0.15, -0.1) is 0 Å². The molecule has 19 heavy (non-hydrogen) atoms. The summed E-state index contributed by atoms with van der Waals surface area (Å²) in [4.78, 5) is 2.57. The first-order valence-corrected chi connectivity index (χ1v) is 7.52. The van der Waals surface area contributed by atoms with Gasteiger partial charge in [-0.1, -0.05) is 52.0 Å². The highest BCUT2D eigenvalue weighted by atomic mass is 15.1. The third kappa shape index (κ3) is 6.22. The van der Waals surface area contributed by atoms with Crippen molar-refractivity contribution in [1.82, 2.24) is 4.90 Å². The van der Waals surface area contributed by atoms with Crippen LogP contribution in [-0.4, -0.2) is 24.5 Å². The van der Waals surface area contributed by atoms with Crippen LogP contribution in [0.4, 0.5) is 0 Å². The minimum absolute atomic E-state index is 0.709. The molecule has 0 amide bonds. The molecule has 0 atom stereocenters. The molecule has 1 aromatic rings. The Morgan fingerprint density at radius 3 is 1.95 bits per heavy atom. The monoisotopic (exact) mass is 262 g/mol. The normalized spacial score (nSPS) is 11.8. The fourth-order valence-corrected chi connectivity index (χ4v) is 2.59. The van der Waals surface area contributed by atoms with Crippen LogP contribution >= 0.6 is 0 Å². The highest BCUT2D eigenvalue weighted by Crippen LogP contribution is 2.14. The predicted molar refractivity (Wildman–Crippen MR) is 84.2 cm³/mol. The molecular weight excluding hydrogens is 232 g/mol. The standard InChI is InChI=1S/C17H30N2/c1-14(2)11-19(12-15(3)4)13-17-8-6-5-7-16(17)9-10-18/h5-8,14-15H,9-13,18H2,1-4H3. The van der Waals surface area contributed by atoms with Gasteiger partial charge in [0.05, 0.1) is 0 Å². The molecule has 0 aliphatic carbocycles. The lowest BCUT2D eigenvalue weighted by molar-refractivity contribution is 0.211. The van der Waals surface area contributed by atoms with Crippen molar-refractivity contribution in [3.63, 3.8) is 0 Å². The van der Waals surface area contributed by atoms with Gasteiger partial charge in [-0.25, -0.2) is 0 Å². The van der Waals surface area contributed by atoms with Crippen LogP contribution in [-0.2, 0) is 13.0 Å². The molecule has 0 radical (unpaired) electrons. The molecule has 0 unspecified atom stereocenters. The summed E-state index contributed by atoms with van der Waals surface area (Å²) in [5.74, 6) is 1.42. The van der Waals surface area contributed by atoms with Gasteiger partial charge in [-0.05, 0) is 35.9 Å². The Hall–Kier alpha value is -0.860. The zero-order chi connectivity index (χ0) is 14.3. The quantitative estimate of drug-likeness (QED) is 0.779. The molecule has 1 rings (SSSR count). The lowest BCUT2D eigenvalue weighted by Gasteiger charge is -2.27. The van der Waals surface area contributed by atoms with E-state index >= 15 is 0 Å². The van der Waals surface area contributed by atoms with Gasteiger partial charge in [-0.2, -0.15) is 0 Å². The lowest BCUT2D eigenvalue weighted by atomic mass is 10.0. The zero-order valence-electron chi connectivity index (χ0n) is 13.0. The third-order valence-corrected chi connectivity index (χ3v) is 3.17. The summed E-state index contributed by atoms with van der Waals surface area (Å²) in [5.41, 5.74) is 8.55. The van der Waals surface area contributed by atoms with Crippen molar-refractivity contribution < 1.29 is 0 Å². The van der Waals surface area contributed by atoms with E-state index in [0.29, 0.717) is 11.8 Å². The van der Waals surface area contributed by atoms with Gasteiger partial charge in [0.25, 0.3) is 0 Å². The summed E-state index contributed by atoms with van der Waals surface area (Å²) in [7, 11) is 0. The van der Waals surface area contributed by atoms with E-state index in [4.69, 9.17) is 5.73 Å². The highest BCUT2D eigenvalue weighted by molar-refractivity contribution is 5.27. The second-order valence-corrected chi connectivity index (χ2v) is 6.29. The fourth-order valence-electron chi connectivity index (χ4n) is 2.59. The molecule has 0 bridgehead atoms. The highest BCUT2D eigenvalue weighted by Gasteiger charge is 2.12. The molecule has 108 valence electrons. The van der Waals surface area contributed by atoms with E-state index < -0.39 is 0 Å². The van der Waals surface area contributed by atoms with Crippen LogP contribution < -0.4 is 5.73 Å². The molecule has 0 aliphatic heterocycles. The Morgan fingerprint density at radius 2 is 1.47 bits per heavy atom. The van der Waals surface area contributed by atoms with Crippen molar-refractivity contribution in [1.29, 1.82) is 0 Å². The van der Waals surface area contributed by atoms with Gasteiger partial charge < -0.3 is 5.73 Å². The van der Waals surface area contributed by atoms with E-state index in [-0.39, 0.29) is 0 Å². The molecule has 2 heteroatoms. The van der Waals surface area contributed by atoms with Crippen LogP contribution in [0.1, 0.15) is 38.8 Å². The number of nitrogens with zero attached hydrogens (tertiary/aromatic N) is 1. The van der Waals surface area contributed by atoms with E-state index in [9.17, 15) is 0 Å². The maximum atomic E-state index is 5.71. The van der Waals surface area contributed by atoms with Crippen molar-refractivity contribution in [3.05, 3.63) is 35.4 Å². The van der Waals surface area contributed by atoms with Gasteiger partial charge >= 0.3 is 0 Å². The van der Waals surface area contributed by atoms with Crippen LogP contribution in [0, 0.1) is 11.8 Å². The van der Waals surface area contributed by atoms with Gasteiger partial charge in [0.1, 0.15) is 0 Å². The zero-order valence-corrected chi connectivity index (χ0v) is 13.0. The van der Waals surface area contributed by atoms with E-state index in [2.05, 4.69) is 56.9 Å². The molecule has 0 saturated heterocycles. The van der Waals surface area contributed by atoms with Crippen molar-refractivity contribution in [2.45, 2.75) is 40.7 Å². The van der Waals surface area contributed by atoms with Crippen molar-refractivity contribution in [2.24, 2.45) is 17.6 Å². The molecular formula is C17H30N2. The number of benzene rings is 1. The summed E-state index contributed by atoms with van der Waals surface area (Å²) in [5, 5.41) is 0. The second-order valence-electron chi connectivity index (χ2n) is 6.29. The number of nitrogens with two attached hydrogens (primary N) is 1. The van der Waals surface area contributed by atoms with E-state index in [1.807, 2.05) is 0 Å². The first-order chi connectivity index (χ1) is 9.02. The van der Waals surface area contributed by atoms with Gasteiger partial charge in [0.2, 0.25) is 0 Å². The third-order valence-electron chi connectivity index (χ3n) is 3.17. The van der Waals surface area contributed by atoms with Crippen LogP contribution in [0.15, 0.2) is 24.3 Å². The van der Waals surface area contributed by atoms with Gasteiger partial charge in [-0.3, -0.25) is 4.90 Å². The smallest absolute Gasteiger partial charge is 0.0236 e. The minimum Gasteiger partial charge on any atom is -0.330 e. The Bertz CT molecular complexity index is 348. The average Bonchev–Trinajstić information content (AvgIpc) is 2.30. The lowest BCUT2D eigenvalue weighted by Crippen LogP contribution is -2.31. The number of hydrogen-bond donors (Lipinski definition) is 1. The molecule has 1 aromatic carbocycles. The average molecular weight is 262 g/mol. The molecule has 0 aromatic heterocycles. The predicted octanol–water partition coefficient (Wildman–Crippen LogP) is 3.30. The van der Waals surface area contributed by atoms with Crippen LogP contribution in [0.5, 0.6) is 0 Å². The molecule has 0 fully saturated rings. The summed E-state index contributed by atoms with van der Waals surface area (Å²) in [6.07, 6.45) is 0.980. The molecule has 0 heterocycles. The first-order valence-electron chi connectivity index (χ1n) is 7.52.